The maximum Gasteiger partial charge on any atom is 0.276 e. The molecule has 3 N–H and O–H groups in total. The Kier molecular flexibility index (Phi) is 8.09. The number of rotatable bonds is 5. The molecule has 0 bridgehead atoms. The Morgan fingerprint density at radius 2 is 1.89 bits per heavy atom. The molecular weight excluding hydrogens is 449 g/mol. The summed E-state index contributed by atoms with van der Waals surface area (Å²) in [4.78, 5) is 23.6. The van der Waals surface area contributed by atoms with Crippen LogP contribution in [-0.2, 0) is 9.59 Å². The number of amides is 2. The number of ether oxygens (including phenoxy) is 1. The summed E-state index contributed by atoms with van der Waals surface area (Å²) in [6.07, 6.45) is 2.74. The van der Waals surface area contributed by atoms with E-state index in [1.165, 1.54) is 36.4 Å². The lowest BCUT2D eigenvalue weighted by molar-refractivity contribution is -0.123. The topological polar surface area (TPSA) is 79.5 Å². The third kappa shape index (κ3) is 7.45. The molecule has 146 valence electrons. The fraction of sp³-hybridized carbons (Fsp3) is 0.105. The molecule has 0 saturated carbocycles. The van der Waals surface area contributed by atoms with Crippen LogP contribution >= 0.6 is 28.1 Å². The van der Waals surface area contributed by atoms with E-state index in [4.69, 9.17) is 17.0 Å². The van der Waals surface area contributed by atoms with Gasteiger partial charge in [-0.25, -0.2) is 4.39 Å². The lowest BCUT2D eigenvalue weighted by atomic mass is 10.2. The number of thiocarbonyl (C=S) groups is 1. The molecule has 0 aliphatic rings. The van der Waals surface area contributed by atoms with E-state index in [1.807, 2.05) is 19.1 Å². The molecule has 0 aliphatic heterocycles. The van der Waals surface area contributed by atoms with Gasteiger partial charge < -0.3 is 4.74 Å². The molecule has 0 aliphatic carbocycles. The third-order valence-corrected chi connectivity index (χ3v) is 4.04. The van der Waals surface area contributed by atoms with Crippen molar-refractivity contribution in [1.82, 2.24) is 16.2 Å². The Hall–Kier alpha value is -2.78. The van der Waals surface area contributed by atoms with Crippen molar-refractivity contribution in [3.05, 3.63) is 70.0 Å². The number of halogens is 2. The van der Waals surface area contributed by atoms with E-state index < -0.39 is 11.8 Å². The summed E-state index contributed by atoms with van der Waals surface area (Å²) in [6.45, 7) is 1.64. The van der Waals surface area contributed by atoms with Gasteiger partial charge in [-0.05, 0) is 66.7 Å². The molecule has 0 aromatic heterocycles. The first-order valence-corrected chi connectivity index (χ1v) is 9.26. The minimum Gasteiger partial charge on any atom is -0.483 e. The molecule has 0 radical (unpaired) electrons. The number of nitrogens with one attached hydrogen (secondary N) is 3. The summed E-state index contributed by atoms with van der Waals surface area (Å²) in [5, 5.41) is 2.28. The Morgan fingerprint density at radius 3 is 2.57 bits per heavy atom. The van der Waals surface area contributed by atoms with Gasteiger partial charge in [0.15, 0.2) is 11.7 Å². The van der Waals surface area contributed by atoms with E-state index >= 15 is 0 Å². The summed E-state index contributed by atoms with van der Waals surface area (Å²) in [5.41, 5.74) is 6.27. The number of hydrogen-bond donors (Lipinski definition) is 3. The average molecular weight is 466 g/mol. The smallest absolute Gasteiger partial charge is 0.276 e. The molecular formula is C19H17BrFN3O3S. The van der Waals surface area contributed by atoms with Crippen LogP contribution in [0.5, 0.6) is 5.75 Å². The standard InChI is InChI=1S/C19H17BrFN3O3S/c1-12-10-14(20)5-8-16(12)27-11-18(26)23-24-19(28)22-17(25)9-4-13-2-6-15(21)7-3-13/h2-10H,11H2,1H3,(H,23,26)(H2,22,24,25,28)/b9-4+. The largest absolute Gasteiger partial charge is 0.483 e. The van der Waals surface area contributed by atoms with Gasteiger partial charge in [0.1, 0.15) is 11.6 Å². The highest BCUT2D eigenvalue weighted by Crippen LogP contribution is 2.21. The highest BCUT2D eigenvalue weighted by molar-refractivity contribution is 9.10. The van der Waals surface area contributed by atoms with Gasteiger partial charge in [0.2, 0.25) is 5.91 Å². The second kappa shape index (κ2) is 10.5. The van der Waals surface area contributed by atoms with E-state index in [0.29, 0.717) is 11.3 Å². The molecule has 6 nitrogen and oxygen atoms in total. The number of carbonyl (C=O) groups is 2. The van der Waals surface area contributed by atoms with Gasteiger partial charge in [-0.3, -0.25) is 25.8 Å². The Labute approximate surface area is 175 Å². The zero-order valence-electron chi connectivity index (χ0n) is 14.8. The van der Waals surface area contributed by atoms with E-state index in [-0.39, 0.29) is 17.5 Å². The predicted octanol–water partition coefficient (Wildman–Crippen LogP) is 3.01. The van der Waals surface area contributed by atoms with Gasteiger partial charge in [-0.2, -0.15) is 0 Å². The maximum absolute atomic E-state index is 12.8. The van der Waals surface area contributed by atoms with E-state index in [2.05, 4.69) is 32.1 Å². The van der Waals surface area contributed by atoms with Crippen LogP contribution in [-0.4, -0.2) is 23.5 Å². The highest BCUT2D eigenvalue weighted by atomic mass is 79.9. The highest BCUT2D eigenvalue weighted by Gasteiger charge is 2.07. The molecule has 9 heteroatoms. The summed E-state index contributed by atoms with van der Waals surface area (Å²) in [5.74, 6) is -0.749. The van der Waals surface area contributed by atoms with E-state index in [0.717, 1.165) is 10.0 Å². The molecule has 28 heavy (non-hydrogen) atoms. The first kappa shape index (κ1) is 21.5. The number of hydrogen-bond acceptors (Lipinski definition) is 4. The van der Waals surface area contributed by atoms with Gasteiger partial charge in [-0.15, -0.1) is 0 Å². The van der Waals surface area contributed by atoms with E-state index in [9.17, 15) is 14.0 Å². The number of hydrazine groups is 1. The van der Waals surface area contributed by atoms with Crippen LogP contribution in [0.15, 0.2) is 53.0 Å². The first-order chi connectivity index (χ1) is 13.3. The summed E-state index contributed by atoms with van der Waals surface area (Å²) >= 11 is 8.27. The Balaban J connectivity index is 1.71. The number of carbonyl (C=O) groups excluding carboxylic acids is 2. The van der Waals surface area contributed by atoms with Crippen LogP contribution in [0.1, 0.15) is 11.1 Å². The van der Waals surface area contributed by atoms with Crippen LogP contribution in [0.4, 0.5) is 4.39 Å². The lowest BCUT2D eigenvalue weighted by Crippen LogP contribution is -2.49. The van der Waals surface area contributed by atoms with Crippen molar-refractivity contribution >= 4 is 51.2 Å². The molecule has 0 atom stereocenters. The van der Waals surface area contributed by atoms with Crippen LogP contribution in [0.3, 0.4) is 0 Å². The molecule has 0 saturated heterocycles. The van der Waals surface area contributed by atoms with Crippen LogP contribution in [0.2, 0.25) is 0 Å². The summed E-state index contributed by atoms with van der Waals surface area (Å²) < 4.78 is 19.2. The third-order valence-electron chi connectivity index (χ3n) is 3.35. The second-order valence-electron chi connectivity index (χ2n) is 5.57. The minimum atomic E-state index is -0.502. The average Bonchev–Trinajstić information content (AvgIpc) is 2.65. The predicted molar refractivity (Wildman–Crippen MR) is 112 cm³/mol. The van der Waals surface area contributed by atoms with Crippen LogP contribution in [0.25, 0.3) is 6.08 Å². The second-order valence-corrected chi connectivity index (χ2v) is 6.90. The molecule has 0 fully saturated rings. The summed E-state index contributed by atoms with van der Waals surface area (Å²) in [7, 11) is 0. The van der Waals surface area contributed by atoms with Crippen molar-refractivity contribution in [2.75, 3.05) is 6.61 Å². The van der Waals surface area contributed by atoms with Crippen molar-refractivity contribution in [3.8, 4) is 5.75 Å². The van der Waals surface area contributed by atoms with Crippen LogP contribution in [0, 0.1) is 12.7 Å². The van der Waals surface area contributed by atoms with Gasteiger partial charge in [0.05, 0.1) is 0 Å². The van der Waals surface area contributed by atoms with Crippen molar-refractivity contribution in [2.24, 2.45) is 0 Å². The van der Waals surface area contributed by atoms with Crippen molar-refractivity contribution in [2.45, 2.75) is 6.92 Å². The monoisotopic (exact) mass is 465 g/mol. The van der Waals surface area contributed by atoms with Crippen molar-refractivity contribution in [1.29, 1.82) is 0 Å². The molecule has 0 heterocycles. The fourth-order valence-corrected chi connectivity index (χ4v) is 2.64. The van der Waals surface area contributed by atoms with Crippen molar-refractivity contribution < 1.29 is 18.7 Å². The normalized spacial score (nSPS) is 10.4. The van der Waals surface area contributed by atoms with Gasteiger partial charge >= 0.3 is 0 Å². The van der Waals surface area contributed by atoms with E-state index in [1.54, 1.807) is 6.07 Å². The molecule has 0 spiro atoms. The number of benzene rings is 2. The zero-order chi connectivity index (χ0) is 20.5. The van der Waals surface area contributed by atoms with Crippen LogP contribution < -0.4 is 20.9 Å². The van der Waals surface area contributed by atoms with Gasteiger partial charge in [0.25, 0.3) is 5.91 Å². The maximum atomic E-state index is 12.8. The minimum absolute atomic E-state index is 0.0815. The Bertz CT molecular complexity index is 904. The lowest BCUT2D eigenvalue weighted by Gasteiger charge is -2.11. The van der Waals surface area contributed by atoms with Crippen molar-refractivity contribution in [3.63, 3.8) is 0 Å². The molecule has 0 unspecified atom stereocenters. The molecule has 2 aromatic carbocycles. The summed E-state index contributed by atoms with van der Waals surface area (Å²) in [6, 6.07) is 11.1. The number of aryl methyl sites for hydroxylation is 1. The fourth-order valence-electron chi connectivity index (χ4n) is 2.01. The molecule has 2 amide bonds. The van der Waals surface area contributed by atoms with Gasteiger partial charge in [-0.1, -0.05) is 28.1 Å². The Morgan fingerprint density at radius 1 is 1.18 bits per heavy atom. The molecule has 2 rings (SSSR count). The quantitative estimate of drug-likeness (QED) is 0.359. The molecule has 2 aromatic rings. The SMILES string of the molecule is Cc1cc(Br)ccc1OCC(=O)NNC(=S)NC(=O)/C=C/c1ccc(F)cc1. The first-order valence-electron chi connectivity index (χ1n) is 8.06. The zero-order valence-corrected chi connectivity index (χ0v) is 17.2. The van der Waals surface area contributed by atoms with Gasteiger partial charge in [0, 0.05) is 10.5 Å².